The number of piperazine rings is 1. The summed E-state index contributed by atoms with van der Waals surface area (Å²) in [6.07, 6.45) is 3.21. The molecular formula is C19H25IN4O2. The van der Waals surface area contributed by atoms with Crippen LogP contribution in [-0.4, -0.2) is 51.7 Å². The van der Waals surface area contributed by atoms with Gasteiger partial charge in [0.2, 0.25) is 0 Å². The molecule has 0 N–H and O–H groups in total. The highest BCUT2D eigenvalue weighted by atomic mass is 127. The summed E-state index contributed by atoms with van der Waals surface area (Å²) in [5.74, 6) is 0. The molecule has 1 aromatic carbocycles. The van der Waals surface area contributed by atoms with Crippen LogP contribution in [0.3, 0.4) is 0 Å². The van der Waals surface area contributed by atoms with Gasteiger partial charge in [0.25, 0.3) is 0 Å². The summed E-state index contributed by atoms with van der Waals surface area (Å²) < 4.78 is 6.70. The predicted octanol–water partition coefficient (Wildman–Crippen LogP) is 4.07. The number of nitrogens with zero attached hydrogens (tertiary/aromatic N) is 4. The third-order valence-corrected chi connectivity index (χ3v) is 5.34. The number of ether oxygens (including phenoxy) is 1. The van der Waals surface area contributed by atoms with E-state index in [2.05, 4.69) is 63.4 Å². The number of hydrogen-bond acceptors (Lipinski definition) is 5. The van der Waals surface area contributed by atoms with Crippen molar-refractivity contribution in [2.75, 3.05) is 18.0 Å². The van der Waals surface area contributed by atoms with Gasteiger partial charge in [0, 0.05) is 33.9 Å². The lowest BCUT2D eigenvalue weighted by Crippen LogP contribution is -2.59. The third-order valence-electron chi connectivity index (χ3n) is 4.47. The molecule has 1 aliphatic rings. The Labute approximate surface area is 168 Å². The maximum Gasteiger partial charge on any atom is 0.410 e. The average Bonchev–Trinajstić information content (AvgIpc) is 2.53. The quantitative estimate of drug-likeness (QED) is 0.591. The molecule has 0 spiro atoms. The van der Waals surface area contributed by atoms with Crippen molar-refractivity contribution < 1.29 is 9.53 Å². The Hall–Kier alpha value is -1.64. The van der Waals surface area contributed by atoms with E-state index in [-0.39, 0.29) is 18.2 Å². The number of rotatable bonds is 1. The first-order chi connectivity index (χ1) is 12.2. The minimum Gasteiger partial charge on any atom is -0.444 e. The summed E-state index contributed by atoms with van der Waals surface area (Å²) in [5.41, 5.74) is 1.59. The molecule has 1 amide bonds. The van der Waals surface area contributed by atoms with Gasteiger partial charge in [0.15, 0.2) is 0 Å². The molecular weight excluding hydrogens is 443 g/mol. The summed E-state index contributed by atoms with van der Waals surface area (Å²) in [4.78, 5) is 25.4. The standard InChI is InChI=1S/C19H25IN4O2/c1-12-9-23(10-13(2)24(12)18(25)26-19(3,4)5)16-7-6-15(20)17-14(16)8-21-11-22-17/h6-8,11-13H,9-10H2,1-5H3/t12-,13+. The first-order valence-corrected chi connectivity index (χ1v) is 9.89. The third kappa shape index (κ3) is 3.87. The van der Waals surface area contributed by atoms with Crippen molar-refractivity contribution in [3.8, 4) is 0 Å². The summed E-state index contributed by atoms with van der Waals surface area (Å²) in [5, 5.41) is 1.05. The fourth-order valence-electron chi connectivity index (χ4n) is 3.50. The van der Waals surface area contributed by atoms with Crippen LogP contribution >= 0.6 is 22.6 Å². The highest BCUT2D eigenvalue weighted by molar-refractivity contribution is 14.1. The number of amides is 1. The number of aromatic nitrogens is 2. The Balaban J connectivity index is 1.86. The Morgan fingerprint density at radius 3 is 2.50 bits per heavy atom. The summed E-state index contributed by atoms with van der Waals surface area (Å²) in [7, 11) is 0. The average molecular weight is 468 g/mol. The second-order valence-electron chi connectivity index (χ2n) is 7.84. The van der Waals surface area contributed by atoms with Crippen LogP contribution in [0.2, 0.25) is 0 Å². The number of hydrogen-bond donors (Lipinski definition) is 0. The van der Waals surface area contributed by atoms with Crippen molar-refractivity contribution in [1.29, 1.82) is 0 Å². The van der Waals surface area contributed by atoms with Crippen LogP contribution in [0.15, 0.2) is 24.7 Å². The van der Waals surface area contributed by atoms with E-state index in [1.165, 1.54) is 0 Å². The number of halogens is 1. The molecule has 1 aromatic heterocycles. The first-order valence-electron chi connectivity index (χ1n) is 8.82. The van der Waals surface area contributed by atoms with E-state index in [1.807, 2.05) is 31.9 Å². The van der Waals surface area contributed by atoms with Gasteiger partial charge in [-0.05, 0) is 69.3 Å². The van der Waals surface area contributed by atoms with Gasteiger partial charge in [-0.1, -0.05) is 0 Å². The zero-order chi connectivity index (χ0) is 19.1. The first kappa shape index (κ1) is 19.1. The zero-order valence-corrected chi connectivity index (χ0v) is 18.0. The van der Waals surface area contributed by atoms with E-state index in [0.29, 0.717) is 0 Å². The van der Waals surface area contributed by atoms with Crippen LogP contribution in [0.1, 0.15) is 34.6 Å². The van der Waals surface area contributed by atoms with Crippen LogP contribution < -0.4 is 4.90 Å². The van der Waals surface area contributed by atoms with Crippen LogP contribution in [0.25, 0.3) is 10.9 Å². The van der Waals surface area contributed by atoms with Gasteiger partial charge in [-0.25, -0.2) is 14.8 Å². The van der Waals surface area contributed by atoms with Gasteiger partial charge >= 0.3 is 6.09 Å². The van der Waals surface area contributed by atoms with Crippen molar-refractivity contribution in [1.82, 2.24) is 14.9 Å². The number of anilines is 1. The van der Waals surface area contributed by atoms with E-state index in [0.717, 1.165) is 33.3 Å². The van der Waals surface area contributed by atoms with Gasteiger partial charge in [0.05, 0.1) is 17.6 Å². The largest absolute Gasteiger partial charge is 0.444 e. The highest BCUT2D eigenvalue weighted by Crippen LogP contribution is 2.31. The minimum atomic E-state index is -0.489. The molecule has 0 aliphatic carbocycles. The van der Waals surface area contributed by atoms with Crippen LogP contribution in [-0.2, 0) is 4.74 Å². The molecule has 140 valence electrons. The van der Waals surface area contributed by atoms with E-state index < -0.39 is 5.60 Å². The van der Waals surface area contributed by atoms with Gasteiger partial charge < -0.3 is 9.64 Å². The number of carbonyl (C=O) groups excluding carboxylic acids is 1. The van der Waals surface area contributed by atoms with Crippen molar-refractivity contribution in [2.45, 2.75) is 52.3 Å². The summed E-state index contributed by atoms with van der Waals surface area (Å²) in [6.45, 7) is 11.3. The number of benzene rings is 1. The Kier molecular flexibility index (Phi) is 5.28. The molecule has 6 nitrogen and oxygen atoms in total. The smallest absolute Gasteiger partial charge is 0.410 e. The molecule has 0 bridgehead atoms. The molecule has 26 heavy (non-hydrogen) atoms. The van der Waals surface area contributed by atoms with Crippen molar-refractivity contribution in [3.05, 3.63) is 28.2 Å². The molecule has 0 unspecified atom stereocenters. The summed E-state index contributed by atoms with van der Waals surface area (Å²) >= 11 is 2.30. The lowest BCUT2D eigenvalue weighted by atomic mass is 10.1. The van der Waals surface area contributed by atoms with Gasteiger partial charge in [0.1, 0.15) is 11.9 Å². The second-order valence-corrected chi connectivity index (χ2v) is 9.00. The normalized spacial score (nSPS) is 21.2. The molecule has 1 aliphatic heterocycles. The SMILES string of the molecule is C[C@@H]1CN(c2ccc(I)c3ncncc23)C[C@H](C)N1C(=O)OC(C)(C)C. The molecule has 0 radical (unpaired) electrons. The molecule has 1 saturated heterocycles. The van der Waals surface area contributed by atoms with E-state index in [9.17, 15) is 4.79 Å². The monoisotopic (exact) mass is 468 g/mol. The molecule has 1 fully saturated rings. The Morgan fingerprint density at radius 2 is 1.88 bits per heavy atom. The van der Waals surface area contributed by atoms with E-state index in [4.69, 9.17) is 4.74 Å². The topological polar surface area (TPSA) is 58.6 Å². The van der Waals surface area contributed by atoms with E-state index in [1.54, 1.807) is 6.33 Å². The van der Waals surface area contributed by atoms with Crippen molar-refractivity contribution >= 4 is 45.3 Å². The van der Waals surface area contributed by atoms with Crippen molar-refractivity contribution in [3.63, 3.8) is 0 Å². The second kappa shape index (κ2) is 7.17. The zero-order valence-electron chi connectivity index (χ0n) is 15.9. The van der Waals surface area contributed by atoms with Gasteiger partial charge in [-0.2, -0.15) is 0 Å². The maximum absolute atomic E-state index is 12.6. The minimum absolute atomic E-state index is 0.0487. The fourth-order valence-corrected chi connectivity index (χ4v) is 4.11. The summed E-state index contributed by atoms with van der Waals surface area (Å²) in [6, 6.07) is 4.30. The predicted molar refractivity (Wildman–Crippen MR) is 111 cm³/mol. The molecule has 2 heterocycles. The lowest BCUT2D eigenvalue weighted by Gasteiger charge is -2.45. The molecule has 3 rings (SSSR count). The molecule has 7 heteroatoms. The van der Waals surface area contributed by atoms with Crippen LogP contribution in [0.5, 0.6) is 0 Å². The number of fused-ring (bicyclic) bond motifs is 1. The van der Waals surface area contributed by atoms with Gasteiger partial charge in [-0.3, -0.25) is 4.90 Å². The lowest BCUT2D eigenvalue weighted by molar-refractivity contribution is 0.00568. The maximum atomic E-state index is 12.6. The Morgan fingerprint density at radius 1 is 1.23 bits per heavy atom. The fraction of sp³-hybridized carbons (Fsp3) is 0.526. The molecule has 0 saturated carbocycles. The van der Waals surface area contributed by atoms with E-state index >= 15 is 0 Å². The van der Waals surface area contributed by atoms with Crippen LogP contribution in [0.4, 0.5) is 10.5 Å². The van der Waals surface area contributed by atoms with Crippen LogP contribution in [0, 0.1) is 3.57 Å². The van der Waals surface area contributed by atoms with Crippen molar-refractivity contribution in [2.24, 2.45) is 0 Å². The molecule has 2 atom stereocenters. The molecule has 2 aromatic rings. The number of carbonyl (C=O) groups is 1. The van der Waals surface area contributed by atoms with Gasteiger partial charge in [-0.15, -0.1) is 0 Å². The Bertz CT molecular complexity index is 809. The highest BCUT2D eigenvalue weighted by Gasteiger charge is 2.36.